The second-order valence-electron chi connectivity index (χ2n) is 3.81. The molecule has 86 valence electrons. The monoisotopic (exact) mass is 212 g/mol. The lowest BCUT2D eigenvalue weighted by Crippen LogP contribution is -2.27. The largest absolute Gasteiger partial charge is 0.342 e. The highest BCUT2D eigenvalue weighted by Gasteiger charge is 2.20. The lowest BCUT2D eigenvalue weighted by atomic mass is 10.0. The molecule has 2 unspecified atom stereocenters. The van der Waals surface area contributed by atoms with Crippen LogP contribution in [0.25, 0.3) is 0 Å². The number of rotatable bonds is 5. The summed E-state index contributed by atoms with van der Waals surface area (Å²) in [6.45, 7) is 7.09. The molecule has 0 saturated heterocycles. The summed E-state index contributed by atoms with van der Waals surface area (Å²) in [7, 11) is 3.87. The molecule has 1 heterocycles. The molecule has 0 spiro atoms. The molecule has 0 amide bonds. The summed E-state index contributed by atoms with van der Waals surface area (Å²) < 4.78 is 5.23. The standard InChI is InChI=1S/C10H20N4O/c1-6-14(5)10-12-9(15-13-10)7(2)8(3)11-4/h7-8,11H,6H2,1-5H3. The third-order valence-electron chi connectivity index (χ3n) is 2.84. The Morgan fingerprint density at radius 3 is 2.67 bits per heavy atom. The molecule has 2 atom stereocenters. The summed E-state index contributed by atoms with van der Waals surface area (Å²) in [5.74, 6) is 1.57. The van der Waals surface area contributed by atoms with E-state index in [0.29, 0.717) is 17.9 Å². The minimum Gasteiger partial charge on any atom is -0.342 e. The minimum absolute atomic E-state index is 0.224. The van der Waals surface area contributed by atoms with Crippen LogP contribution in [-0.4, -0.2) is 36.8 Å². The highest BCUT2D eigenvalue weighted by atomic mass is 16.5. The van der Waals surface area contributed by atoms with Gasteiger partial charge in [-0.2, -0.15) is 4.98 Å². The molecule has 5 nitrogen and oxygen atoms in total. The molecule has 1 rings (SSSR count). The van der Waals surface area contributed by atoms with Gasteiger partial charge in [0, 0.05) is 19.6 Å². The number of nitrogens with zero attached hydrogens (tertiary/aromatic N) is 3. The summed E-state index contributed by atoms with van der Waals surface area (Å²) in [5, 5.41) is 7.11. The van der Waals surface area contributed by atoms with Crippen LogP contribution in [0, 0.1) is 0 Å². The molecule has 5 heteroatoms. The molecule has 0 fully saturated rings. The average molecular weight is 212 g/mol. The SMILES string of the molecule is CCN(C)c1noc(C(C)C(C)NC)n1. The van der Waals surface area contributed by atoms with Gasteiger partial charge >= 0.3 is 0 Å². The Kier molecular flexibility index (Phi) is 4.08. The van der Waals surface area contributed by atoms with E-state index in [9.17, 15) is 0 Å². The zero-order chi connectivity index (χ0) is 11.4. The second kappa shape index (κ2) is 5.11. The van der Waals surface area contributed by atoms with Crippen molar-refractivity contribution in [3.05, 3.63) is 5.89 Å². The highest BCUT2D eigenvalue weighted by Crippen LogP contribution is 2.19. The van der Waals surface area contributed by atoms with Crippen LogP contribution in [0.2, 0.25) is 0 Å². The number of anilines is 1. The summed E-state index contributed by atoms with van der Waals surface area (Å²) in [6, 6.07) is 0.324. The molecule has 1 aromatic rings. The molecule has 0 radical (unpaired) electrons. The Morgan fingerprint density at radius 2 is 2.13 bits per heavy atom. The predicted molar refractivity (Wildman–Crippen MR) is 60.2 cm³/mol. The Hall–Kier alpha value is -1.10. The first-order valence-corrected chi connectivity index (χ1v) is 5.32. The van der Waals surface area contributed by atoms with E-state index in [1.54, 1.807) is 0 Å². The molecule has 1 N–H and O–H groups in total. The molecule has 0 aliphatic heterocycles. The predicted octanol–water partition coefficient (Wildman–Crippen LogP) is 1.24. The van der Waals surface area contributed by atoms with Gasteiger partial charge in [0.1, 0.15) is 0 Å². The van der Waals surface area contributed by atoms with Gasteiger partial charge in [-0.1, -0.05) is 6.92 Å². The molecule has 0 aromatic carbocycles. The van der Waals surface area contributed by atoms with Crippen LogP contribution in [0.15, 0.2) is 4.52 Å². The fraction of sp³-hybridized carbons (Fsp3) is 0.800. The van der Waals surface area contributed by atoms with Crippen LogP contribution >= 0.6 is 0 Å². The van der Waals surface area contributed by atoms with Crippen LogP contribution < -0.4 is 10.2 Å². The number of nitrogens with one attached hydrogen (secondary N) is 1. The first-order chi connectivity index (χ1) is 7.10. The summed E-state index contributed by atoms with van der Waals surface area (Å²) in [6.07, 6.45) is 0. The Balaban J connectivity index is 2.75. The van der Waals surface area contributed by atoms with Crippen LogP contribution in [0.3, 0.4) is 0 Å². The first kappa shape index (κ1) is 12.0. The molecular weight excluding hydrogens is 192 g/mol. The van der Waals surface area contributed by atoms with Crippen molar-refractivity contribution in [1.82, 2.24) is 15.5 Å². The maximum atomic E-state index is 5.23. The van der Waals surface area contributed by atoms with E-state index < -0.39 is 0 Å². The third kappa shape index (κ3) is 2.68. The van der Waals surface area contributed by atoms with Crippen LogP contribution in [-0.2, 0) is 0 Å². The fourth-order valence-corrected chi connectivity index (χ4v) is 1.17. The Labute approximate surface area is 90.8 Å². The minimum atomic E-state index is 0.224. The van der Waals surface area contributed by atoms with Crippen molar-refractivity contribution in [2.45, 2.75) is 32.7 Å². The van der Waals surface area contributed by atoms with E-state index in [2.05, 4.69) is 36.2 Å². The lowest BCUT2D eigenvalue weighted by Gasteiger charge is -2.14. The normalized spacial score (nSPS) is 15.0. The molecule has 0 aliphatic rings. The Morgan fingerprint density at radius 1 is 1.47 bits per heavy atom. The van der Waals surface area contributed by atoms with Crippen LogP contribution in [0.1, 0.15) is 32.6 Å². The number of hydrogen-bond donors (Lipinski definition) is 1. The molecule has 0 aliphatic carbocycles. The molecular formula is C10H20N4O. The number of likely N-dealkylation sites (N-methyl/N-ethyl adjacent to an activating group) is 1. The van der Waals surface area contributed by atoms with Gasteiger partial charge in [-0.3, -0.25) is 0 Å². The maximum Gasteiger partial charge on any atom is 0.265 e. The molecule has 1 aromatic heterocycles. The van der Waals surface area contributed by atoms with E-state index in [4.69, 9.17) is 4.52 Å². The van der Waals surface area contributed by atoms with Crippen molar-refractivity contribution < 1.29 is 4.52 Å². The van der Waals surface area contributed by atoms with E-state index in [-0.39, 0.29) is 5.92 Å². The van der Waals surface area contributed by atoms with Gasteiger partial charge in [0.05, 0.1) is 5.92 Å². The van der Waals surface area contributed by atoms with Gasteiger partial charge in [-0.05, 0) is 26.1 Å². The van der Waals surface area contributed by atoms with Gasteiger partial charge in [0.2, 0.25) is 5.89 Å². The van der Waals surface area contributed by atoms with Gasteiger partial charge in [0.25, 0.3) is 5.95 Å². The van der Waals surface area contributed by atoms with Gasteiger partial charge in [-0.25, -0.2) is 0 Å². The lowest BCUT2D eigenvalue weighted by molar-refractivity contribution is 0.335. The van der Waals surface area contributed by atoms with Crippen LogP contribution in [0.5, 0.6) is 0 Å². The van der Waals surface area contributed by atoms with E-state index in [1.807, 2.05) is 19.0 Å². The zero-order valence-corrected chi connectivity index (χ0v) is 10.1. The number of aromatic nitrogens is 2. The molecule has 0 saturated carbocycles. The number of hydrogen-bond acceptors (Lipinski definition) is 5. The van der Waals surface area contributed by atoms with Gasteiger partial charge in [0.15, 0.2) is 0 Å². The summed E-state index contributed by atoms with van der Waals surface area (Å²) in [4.78, 5) is 6.31. The average Bonchev–Trinajstić information content (AvgIpc) is 2.75. The van der Waals surface area contributed by atoms with Crippen molar-refractivity contribution >= 4 is 5.95 Å². The van der Waals surface area contributed by atoms with Crippen molar-refractivity contribution in [3.8, 4) is 0 Å². The van der Waals surface area contributed by atoms with Crippen molar-refractivity contribution in [2.75, 3.05) is 25.5 Å². The van der Waals surface area contributed by atoms with Crippen molar-refractivity contribution in [2.24, 2.45) is 0 Å². The van der Waals surface area contributed by atoms with E-state index in [1.165, 1.54) is 0 Å². The van der Waals surface area contributed by atoms with Crippen LogP contribution in [0.4, 0.5) is 5.95 Å². The fourth-order valence-electron chi connectivity index (χ4n) is 1.17. The van der Waals surface area contributed by atoms with Crippen molar-refractivity contribution in [1.29, 1.82) is 0 Å². The van der Waals surface area contributed by atoms with Gasteiger partial charge < -0.3 is 14.7 Å². The van der Waals surface area contributed by atoms with E-state index in [0.717, 1.165) is 6.54 Å². The maximum absolute atomic E-state index is 5.23. The summed E-state index contributed by atoms with van der Waals surface area (Å²) >= 11 is 0. The smallest absolute Gasteiger partial charge is 0.265 e. The van der Waals surface area contributed by atoms with Crippen molar-refractivity contribution in [3.63, 3.8) is 0 Å². The topological polar surface area (TPSA) is 54.2 Å². The van der Waals surface area contributed by atoms with E-state index >= 15 is 0 Å². The third-order valence-corrected chi connectivity index (χ3v) is 2.84. The van der Waals surface area contributed by atoms with Gasteiger partial charge in [-0.15, -0.1) is 0 Å². The first-order valence-electron chi connectivity index (χ1n) is 5.32. The zero-order valence-electron chi connectivity index (χ0n) is 10.1. The second-order valence-corrected chi connectivity index (χ2v) is 3.81. The summed E-state index contributed by atoms with van der Waals surface area (Å²) in [5.41, 5.74) is 0. The Bertz CT molecular complexity index is 299. The highest BCUT2D eigenvalue weighted by molar-refractivity contribution is 5.25. The quantitative estimate of drug-likeness (QED) is 0.795. The molecule has 15 heavy (non-hydrogen) atoms. The molecule has 0 bridgehead atoms.